The molecule has 1 N–H and O–H groups in total. The van der Waals surface area contributed by atoms with Crippen LogP contribution < -0.4 is 0 Å². The van der Waals surface area contributed by atoms with Crippen molar-refractivity contribution in [2.24, 2.45) is 0 Å². The maximum Gasteiger partial charge on any atom is 0.131 e. The van der Waals surface area contributed by atoms with Crippen molar-refractivity contribution in [2.45, 2.75) is 58.5 Å². The van der Waals surface area contributed by atoms with Gasteiger partial charge in [-0.3, -0.25) is 4.98 Å². The lowest BCUT2D eigenvalue weighted by atomic mass is 10.1. The van der Waals surface area contributed by atoms with Crippen LogP contribution in [0.25, 0.3) is 28.4 Å². The number of phenolic OH excluding ortho intramolecular Hbond substituents is 1. The SMILES string of the molecule is CCCCCOC(C)CCC/C=C/c1ccc(-c2cnc3cc(O)ccc3n2)cc1F. The standard InChI is InChI=1S/C26H31FN2O2/c1-3-4-8-15-31-19(2)9-6-5-7-10-20-11-12-21(16-23(20)27)26-18-28-25-17-22(30)13-14-24(25)29-26/h7,10-14,16-19,30H,3-6,8-9,15H2,1-2H3/b10-7+. The summed E-state index contributed by atoms with van der Waals surface area (Å²) in [6.45, 7) is 5.15. The lowest BCUT2D eigenvalue weighted by Gasteiger charge is -2.12. The summed E-state index contributed by atoms with van der Waals surface area (Å²) in [4.78, 5) is 8.83. The lowest BCUT2D eigenvalue weighted by molar-refractivity contribution is 0.0566. The van der Waals surface area contributed by atoms with Gasteiger partial charge in [0.25, 0.3) is 0 Å². The van der Waals surface area contributed by atoms with Crippen molar-refractivity contribution < 1.29 is 14.2 Å². The first-order valence-electron chi connectivity index (χ1n) is 11.1. The van der Waals surface area contributed by atoms with E-state index in [9.17, 15) is 9.50 Å². The zero-order valence-corrected chi connectivity index (χ0v) is 18.4. The zero-order valence-electron chi connectivity index (χ0n) is 18.4. The predicted octanol–water partition coefficient (Wildman–Crippen LogP) is 6.92. The van der Waals surface area contributed by atoms with Crippen LogP contribution >= 0.6 is 0 Å². The highest BCUT2D eigenvalue weighted by molar-refractivity contribution is 5.78. The fourth-order valence-electron chi connectivity index (χ4n) is 3.41. The van der Waals surface area contributed by atoms with Crippen molar-refractivity contribution in [1.82, 2.24) is 9.97 Å². The van der Waals surface area contributed by atoms with Gasteiger partial charge < -0.3 is 9.84 Å². The Morgan fingerprint density at radius 2 is 1.97 bits per heavy atom. The molecule has 0 aliphatic carbocycles. The number of fused-ring (bicyclic) bond motifs is 1. The van der Waals surface area contributed by atoms with Gasteiger partial charge in [-0.1, -0.05) is 44.1 Å². The fourth-order valence-corrected chi connectivity index (χ4v) is 3.41. The molecule has 0 amide bonds. The van der Waals surface area contributed by atoms with E-state index in [1.165, 1.54) is 18.9 Å². The largest absolute Gasteiger partial charge is 0.508 e. The third-order valence-electron chi connectivity index (χ3n) is 5.25. The average molecular weight is 423 g/mol. The summed E-state index contributed by atoms with van der Waals surface area (Å²) in [6, 6.07) is 9.93. The number of hydrogen-bond acceptors (Lipinski definition) is 4. The van der Waals surface area contributed by atoms with Gasteiger partial charge in [-0.05, 0) is 50.8 Å². The number of nitrogens with zero attached hydrogens (tertiary/aromatic N) is 2. The summed E-state index contributed by atoms with van der Waals surface area (Å²) in [5.74, 6) is -0.139. The van der Waals surface area contributed by atoms with E-state index in [-0.39, 0.29) is 17.7 Å². The molecule has 0 spiro atoms. The molecule has 31 heavy (non-hydrogen) atoms. The third kappa shape index (κ3) is 6.86. The van der Waals surface area contributed by atoms with Gasteiger partial charge in [-0.2, -0.15) is 0 Å². The van der Waals surface area contributed by atoms with Crippen LogP contribution in [0.3, 0.4) is 0 Å². The molecule has 5 heteroatoms. The van der Waals surface area contributed by atoms with E-state index in [0.717, 1.165) is 32.3 Å². The summed E-state index contributed by atoms with van der Waals surface area (Å²) in [5.41, 5.74) is 3.09. The number of allylic oxidation sites excluding steroid dienone is 1. The second kappa shape index (κ2) is 11.6. The number of benzene rings is 2. The summed E-state index contributed by atoms with van der Waals surface area (Å²) in [6.07, 6.45) is 12.2. The molecular weight excluding hydrogens is 391 g/mol. The molecule has 4 nitrogen and oxygen atoms in total. The Balaban J connectivity index is 1.53. The van der Waals surface area contributed by atoms with E-state index in [2.05, 4.69) is 23.8 Å². The molecule has 1 unspecified atom stereocenters. The number of hydrogen-bond donors (Lipinski definition) is 1. The fraction of sp³-hybridized carbons (Fsp3) is 0.385. The highest BCUT2D eigenvalue weighted by Crippen LogP contribution is 2.24. The zero-order chi connectivity index (χ0) is 22.1. The number of aromatic nitrogens is 2. The lowest BCUT2D eigenvalue weighted by Crippen LogP contribution is -2.08. The number of unbranched alkanes of at least 4 members (excludes halogenated alkanes) is 3. The number of halogens is 1. The molecule has 3 rings (SSSR count). The van der Waals surface area contributed by atoms with Crippen LogP contribution in [0.1, 0.15) is 57.9 Å². The Morgan fingerprint density at radius 3 is 2.77 bits per heavy atom. The minimum Gasteiger partial charge on any atom is -0.508 e. The van der Waals surface area contributed by atoms with E-state index in [0.29, 0.717) is 27.9 Å². The van der Waals surface area contributed by atoms with E-state index >= 15 is 0 Å². The highest BCUT2D eigenvalue weighted by atomic mass is 19.1. The molecule has 0 aliphatic heterocycles. The molecule has 0 radical (unpaired) electrons. The van der Waals surface area contributed by atoms with Crippen molar-refractivity contribution in [1.29, 1.82) is 0 Å². The van der Waals surface area contributed by atoms with Gasteiger partial charge in [0.15, 0.2) is 0 Å². The van der Waals surface area contributed by atoms with Crippen LogP contribution in [0, 0.1) is 5.82 Å². The van der Waals surface area contributed by atoms with Gasteiger partial charge in [0.1, 0.15) is 11.6 Å². The molecule has 0 saturated heterocycles. The predicted molar refractivity (Wildman–Crippen MR) is 124 cm³/mol. The molecule has 0 aliphatic rings. The normalized spacial score (nSPS) is 12.6. The monoisotopic (exact) mass is 422 g/mol. The molecule has 1 atom stereocenters. The Labute approximate surface area is 183 Å². The first-order chi connectivity index (χ1) is 15.1. The summed E-state index contributed by atoms with van der Waals surface area (Å²) >= 11 is 0. The smallest absolute Gasteiger partial charge is 0.131 e. The maximum atomic E-state index is 14.6. The van der Waals surface area contributed by atoms with Gasteiger partial charge in [0.2, 0.25) is 0 Å². The Bertz CT molecular complexity index is 1020. The van der Waals surface area contributed by atoms with Gasteiger partial charge >= 0.3 is 0 Å². The number of ether oxygens (including phenoxy) is 1. The Kier molecular flexibility index (Phi) is 8.53. The van der Waals surface area contributed by atoms with Crippen molar-refractivity contribution in [2.75, 3.05) is 6.61 Å². The second-order valence-corrected chi connectivity index (χ2v) is 7.89. The average Bonchev–Trinajstić information content (AvgIpc) is 2.77. The maximum absolute atomic E-state index is 14.6. The van der Waals surface area contributed by atoms with Crippen LogP contribution in [0.5, 0.6) is 5.75 Å². The first-order valence-corrected chi connectivity index (χ1v) is 11.1. The minimum atomic E-state index is -0.283. The molecule has 0 saturated carbocycles. The van der Waals surface area contributed by atoms with Crippen molar-refractivity contribution >= 4 is 17.1 Å². The van der Waals surface area contributed by atoms with E-state index in [1.807, 2.05) is 18.2 Å². The third-order valence-corrected chi connectivity index (χ3v) is 5.25. The quantitative estimate of drug-likeness (QED) is 0.341. The van der Waals surface area contributed by atoms with E-state index in [1.54, 1.807) is 30.5 Å². The van der Waals surface area contributed by atoms with Gasteiger partial charge in [0.05, 0.1) is 29.0 Å². The van der Waals surface area contributed by atoms with Crippen molar-refractivity contribution in [3.05, 3.63) is 60.1 Å². The van der Waals surface area contributed by atoms with Crippen LogP contribution in [0.2, 0.25) is 0 Å². The molecule has 1 aromatic heterocycles. The summed E-state index contributed by atoms with van der Waals surface area (Å²) in [7, 11) is 0. The van der Waals surface area contributed by atoms with Gasteiger partial charge in [-0.25, -0.2) is 9.37 Å². The van der Waals surface area contributed by atoms with E-state index < -0.39 is 0 Å². The van der Waals surface area contributed by atoms with Crippen LogP contribution in [0.15, 0.2) is 48.7 Å². The number of aromatic hydroxyl groups is 1. The van der Waals surface area contributed by atoms with Crippen LogP contribution in [-0.4, -0.2) is 27.8 Å². The van der Waals surface area contributed by atoms with Crippen LogP contribution in [0.4, 0.5) is 4.39 Å². The number of rotatable bonds is 11. The molecular formula is C26H31FN2O2. The van der Waals surface area contributed by atoms with Crippen molar-refractivity contribution in [3.63, 3.8) is 0 Å². The molecule has 3 aromatic rings. The van der Waals surface area contributed by atoms with E-state index in [4.69, 9.17) is 4.74 Å². The summed E-state index contributed by atoms with van der Waals surface area (Å²) < 4.78 is 20.4. The molecule has 0 bridgehead atoms. The Morgan fingerprint density at radius 1 is 1.10 bits per heavy atom. The second-order valence-electron chi connectivity index (χ2n) is 7.89. The topological polar surface area (TPSA) is 55.2 Å². The van der Waals surface area contributed by atoms with Gasteiger partial charge in [0, 0.05) is 23.8 Å². The molecule has 0 fully saturated rings. The molecule has 2 aromatic carbocycles. The first kappa shape index (κ1) is 22.9. The molecule has 1 heterocycles. The van der Waals surface area contributed by atoms with Crippen LogP contribution in [-0.2, 0) is 4.74 Å². The highest BCUT2D eigenvalue weighted by Gasteiger charge is 2.07. The summed E-state index contributed by atoms with van der Waals surface area (Å²) in [5, 5.41) is 9.54. The van der Waals surface area contributed by atoms with Crippen molar-refractivity contribution in [3.8, 4) is 17.0 Å². The molecule has 164 valence electrons. The van der Waals surface area contributed by atoms with Gasteiger partial charge in [-0.15, -0.1) is 0 Å². The number of phenols is 1. The minimum absolute atomic E-state index is 0.144. The Hall–Kier alpha value is -2.79.